The molecule has 22 saturated heterocycles. The van der Waals surface area contributed by atoms with Crippen LogP contribution in [-0.4, -0.2) is 335 Å². The Kier molecular flexibility index (Phi) is 20.9. The van der Waals surface area contributed by atoms with Gasteiger partial charge in [-0.1, -0.05) is 13.8 Å². The van der Waals surface area contributed by atoms with E-state index in [2.05, 4.69) is 0 Å². The van der Waals surface area contributed by atoms with Crippen LogP contribution in [-0.2, 0) is 61.6 Å². The van der Waals surface area contributed by atoms with Gasteiger partial charge in [-0.05, 0) is 20.0 Å². The van der Waals surface area contributed by atoms with E-state index in [9.17, 15) is 86.8 Å². The van der Waals surface area contributed by atoms with E-state index in [0.29, 0.717) is 13.1 Å². The fourth-order valence-electron chi connectivity index (χ4n) is 10.1. The van der Waals surface area contributed by atoms with Gasteiger partial charge in [0.05, 0.1) is 39.6 Å². The Labute approximate surface area is 416 Å². The summed E-state index contributed by atoms with van der Waals surface area (Å²) < 4.78 is 76.2. The Morgan fingerprint density at radius 3 is 0.740 bits per heavy atom. The van der Waals surface area contributed by atoms with Crippen molar-refractivity contribution in [2.75, 3.05) is 52.7 Å². The Bertz CT molecular complexity index is 1670. The van der Waals surface area contributed by atoms with Gasteiger partial charge in [-0.2, -0.15) is 0 Å². The van der Waals surface area contributed by atoms with Crippen LogP contribution in [0.5, 0.6) is 0 Å². The molecule has 22 aliphatic rings. The van der Waals surface area contributed by atoms with E-state index in [4.69, 9.17) is 61.6 Å². The van der Waals surface area contributed by atoms with Gasteiger partial charge in [0.15, 0.2) is 37.7 Å². The summed E-state index contributed by atoms with van der Waals surface area (Å²) in [5, 5.41) is 189. The molecule has 17 N–H and O–H groups in total. The van der Waals surface area contributed by atoms with Crippen molar-refractivity contribution in [2.45, 2.75) is 211 Å². The van der Waals surface area contributed by atoms with Crippen LogP contribution in [0.15, 0.2) is 0 Å². The molecule has 0 aromatic heterocycles. The molecule has 31 atom stereocenters. The molecule has 22 rings (SSSR count). The maximum absolute atomic E-state index is 12.0. The molecule has 12 bridgehead atoms. The van der Waals surface area contributed by atoms with Crippen molar-refractivity contribution in [2.24, 2.45) is 0 Å². The molecule has 0 aromatic carbocycles. The quantitative estimate of drug-likeness (QED) is 0.0854. The first kappa shape index (κ1) is 59.4. The number of aliphatic hydroxyl groups is 17. The smallest absolute Gasteiger partial charge is 0.187 e. The third-order valence-corrected chi connectivity index (χ3v) is 14.3. The zero-order valence-electron chi connectivity index (χ0n) is 39.9. The minimum absolute atomic E-state index is 0.431. The lowest BCUT2D eigenvalue weighted by atomic mass is 9.94. The van der Waals surface area contributed by atoms with Crippen LogP contribution >= 0.6 is 0 Å². The van der Waals surface area contributed by atoms with Crippen molar-refractivity contribution in [3.8, 4) is 0 Å². The van der Waals surface area contributed by atoms with E-state index in [1.807, 2.05) is 18.7 Å². The van der Waals surface area contributed by atoms with Crippen LogP contribution < -0.4 is 0 Å². The molecule has 426 valence electrons. The average molecular weight is 1070 g/mol. The van der Waals surface area contributed by atoms with Crippen molar-refractivity contribution in [1.82, 2.24) is 4.90 Å². The van der Waals surface area contributed by atoms with Gasteiger partial charge < -0.3 is 148 Å². The lowest BCUT2D eigenvalue weighted by molar-refractivity contribution is -0.406. The molecule has 22 fully saturated rings. The SMILES string of the molecule is CCN(CC)C(C)O[C@@H]1[C@@H](O)[C@H]2O[C@H]3[C@H](O)[C@@H](O)[C@@H](O[C@H]4[C@H](O)[C@@H](O)[C@@H](O[C@H]5[C@H](O)[C@@H](O)[C@@H](O[C@H]6[C@H](O)[C@@H](O)[C@@H](O[C@H]7[C@H](O)[C@@H](O)[C@@H](O[C@H]1[C@@H](CO)O2)O[C@@H]7CO)O[C@@H]6CO)O[C@@H]5CO)O[C@@H]4CO)O[C@@H]3CO. The minimum atomic E-state index is -2.15. The molecule has 0 saturated carbocycles. The highest BCUT2D eigenvalue weighted by molar-refractivity contribution is 5.01. The number of aliphatic hydroxyl groups excluding tert-OH is 17. The van der Waals surface area contributed by atoms with Crippen LogP contribution in [0.1, 0.15) is 20.8 Å². The van der Waals surface area contributed by atoms with Crippen LogP contribution in [0, 0.1) is 0 Å². The van der Waals surface area contributed by atoms with Crippen LogP contribution in [0.3, 0.4) is 0 Å². The minimum Gasteiger partial charge on any atom is -0.394 e. The molecule has 1 unspecified atom stereocenters. The summed E-state index contributed by atoms with van der Waals surface area (Å²) in [4.78, 5) is 1.81. The molecule has 0 aromatic rings. The summed E-state index contributed by atoms with van der Waals surface area (Å²) in [6, 6.07) is 0. The second-order valence-corrected chi connectivity index (χ2v) is 18.8. The number of hydrogen-bond donors (Lipinski definition) is 17. The monoisotopic (exact) mass is 1070 g/mol. The van der Waals surface area contributed by atoms with Crippen LogP contribution in [0.2, 0.25) is 0 Å². The first-order valence-electron chi connectivity index (χ1n) is 24.2. The largest absolute Gasteiger partial charge is 0.394 e. The predicted octanol–water partition coefficient (Wildman–Crippen LogP) is -11.3. The van der Waals surface area contributed by atoms with E-state index in [1.54, 1.807) is 6.92 Å². The lowest BCUT2D eigenvalue weighted by Gasteiger charge is -2.51. The lowest BCUT2D eigenvalue weighted by Crippen LogP contribution is -2.69. The van der Waals surface area contributed by atoms with Gasteiger partial charge in [0.25, 0.3) is 0 Å². The van der Waals surface area contributed by atoms with Crippen molar-refractivity contribution < 1.29 is 148 Å². The highest BCUT2D eigenvalue weighted by atomic mass is 16.8. The van der Waals surface area contributed by atoms with E-state index < -0.39 is 230 Å². The molecule has 22 aliphatic heterocycles. The highest BCUT2D eigenvalue weighted by Crippen LogP contribution is 2.39. The molecule has 0 amide bonds. The highest BCUT2D eigenvalue weighted by Gasteiger charge is 2.59. The van der Waals surface area contributed by atoms with Gasteiger partial charge in [0, 0.05) is 0 Å². The van der Waals surface area contributed by atoms with Gasteiger partial charge in [0.1, 0.15) is 153 Å². The van der Waals surface area contributed by atoms with E-state index in [-0.39, 0.29) is 0 Å². The van der Waals surface area contributed by atoms with Gasteiger partial charge in [-0.25, -0.2) is 0 Å². The normalized spacial score (nSPS) is 51.7. The van der Waals surface area contributed by atoms with Crippen LogP contribution in [0.25, 0.3) is 0 Å². The molecule has 0 aliphatic carbocycles. The molecule has 31 heteroatoms. The molecule has 0 spiro atoms. The Morgan fingerprint density at radius 1 is 0.315 bits per heavy atom. The van der Waals surface area contributed by atoms with E-state index in [0.717, 1.165) is 0 Å². The topological polar surface area (TPSA) is 467 Å². The van der Waals surface area contributed by atoms with E-state index in [1.165, 1.54) is 0 Å². The zero-order chi connectivity index (χ0) is 53.3. The number of nitrogens with zero attached hydrogens (tertiary/aromatic N) is 1. The Morgan fingerprint density at radius 2 is 0.521 bits per heavy atom. The Balaban J connectivity index is 1.23. The second kappa shape index (κ2) is 25.7. The molecule has 73 heavy (non-hydrogen) atoms. The predicted molar refractivity (Wildman–Crippen MR) is 227 cm³/mol. The molecule has 31 nitrogen and oxygen atoms in total. The maximum Gasteiger partial charge on any atom is 0.187 e. The number of ether oxygens (including phenoxy) is 13. The molecule has 0 radical (unpaired) electrons. The zero-order valence-corrected chi connectivity index (χ0v) is 39.9. The summed E-state index contributed by atoms with van der Waals surface area (Å²) in [6.07, 6.45) is -58.0. The number of rotatable bonds is 11. The third-order valence-electron chi connectivity index (χ3n) is 14.3. The first-order chi connectivity index (χ1) is 34.8. The van der Waals surface area contributed by atoms with E-state index >= 15 is 0 Å². The Hall–Kier alpha value is -1.24. The fraction of sp³-hybridized carbons (Fsp3) is 1.00. The average Bonchev–Trinajstić information content (AvgIpc) is 3.38. The second-order valence-electron chi connectivity index (χ2n) is 18.8. The van der Waals surface area contributed by atoms with Crippen molar-refractivity contribution in [3.63, 3.8) is 0 Å². The summed E-state index contributed by atoms with van der Waals surface area (Å²) in [7, 11) is 0. The van der Waals surface area contributed by atoms with Crippen molar-refractivity contribution >= 4 is 0 Å². The first-order valence-corrected chi connectivity index (χ1v) is 24.2. The maximum atomic E-state index is 12.0. The van der Waals surface area contributed by atoms with Crippen molar-refractivity contribution in [3.05, 3.63) is 0 Å². The van der Waals surface area contributed by atoms with Crippen molar-refractivity contribution in [1.29, 1.82) is 0 Å². The number of hydrogen-bond acceptors (Lipinski definition) is 31. The van der Waals surface area contributed by atoms with Crippen LogP contribution in [0.4, 0.5) is 0 Å². The third kappa shape index (κ3) is 12.0. The molecular weight excluding hydrogens is 998 g/mol. The van der Waals surface area contributed by atoms with Gasteiger partial charge in [-0.15, -0.1) is 0 Å². The van der Waals surface area contributed by atoms with Gasteiger partial charge in [0.2, 0.25) is 0 Å². The summed E-state index contributed by atoms with van der Waals surface area (Å²) >= 11 is 0. The summed E-state index contributed by atoms with van der Waals surface area (Å²) in [5.41, 5.74) is 0. The molecular formula is C42H73NO30. The standard InChI is InChI=1S/C42H73NO30/c1-4-43(5-2)12(3)61-36-29(60)42-67-18(11-49)35(36)73-41-28(59)23(54)33(16(9-47)66-41)71-39-26(57)21(52)31(14(7-45)64-39)69-37-24(55)19(50)30(13(6-44)62-37)68-38-25(56)20(51)32(15(8-46)63-38)70-40-27(58)22(53)34(72-42)17(10-48)65-40/h12-42,44-60H,4-11H2,1-3H3/t12?,13-,14-,15-,16-,17-,18-,19-,20-,21-,22-,23-,24-,25-,26-,27-,28-,29-,30-,31-,32-,33-,34-,35+,36-,37-,38-,39-,40-,41-,42-/m1/s1. The summed E-state index contributed by atoms with van der Waals surface area (Å²) in [5.74, 6) is 0. The fourth-order valence-corrected chi connectivity index (χ4v) is 10.1. The summed E-state index contributed by atoms with van der Waals surface area (Å²) in [6.45, 7) is 0.267. The molecule has 22 heterocycles. The van der Waals surface area contributed by atoms with Gasteiger partial charge >= 0.3 is 0 Å². The van der Waals surface area contributed by atoms with Gasteiger partial charge in [-0.3, -0.25) is 4.90 Å².